The first-order valence-electron chi connectivity index (χ1n) is 6.48. The van der Waals surface area contributed by atoms with Crippen LogP contribution in [0.15, 0.2) is 47.2 Å². The van der Waals surface area contributed by atoms with E-state index in [1.807, 2.05) is 30.3 Å². The lowest BCUT2D eigenvalue weighted by molar-refractivity contribution is 0.0945. The molecule has 2 aromatic heterocycles. The molecule has 0 spiro atoms. The lowest BCUT2D eigenvalue weighted by Crippen LogP contribution is -2.26. The number of aromatic nitrogens is 4. The minimum absolute atomic E-state index is 0.262. The highest BCUT2D eigenvalue weighted by atomic mass is 16.5. The van der Waals surface area contributed by atoms with E-state index < -0.39 is 0 Å². The molecule has 0 saturated carbocycles. The van der Waals surface area contributed by atoms with Gasteiger partial charge >= 0.3 is 0 Å². The number of hydrogen-bond donors (Lipinski definition) is 2. The molecule has 0 saturated heterocycles. The minimum Gasteiger partial charge on any atom is -0.364 e. The minimum atomic E-state index is -0.272. The summed E-state index contributed by atoms with van der Waals surface area (Å²) in [6.45, 7) is 0.440. The lowest BCUT2D eigenvalue weighted by Gasteiger charge is -1.99. The summed E-state index contributed by atoms with van der Waals surface area (Å²) < 4.78 is 4.61. The van der Waals surface area contributed by atoms with E-state index in [0.717, 1.165) is 5.56 Å². The molecular weight excluding hydrogens is 270 g/mol. The standard InChI is InChI=1S/C14H13N5O2/c20-14(11-7-9-21-19-11)15-8-6-12-16-13(18-17-12)10-4-2-1-3-5-10/h1-5,7,9H,6,8H2,(H,15,20)(H,16,17,18). The summed E-state index contributed by atoms with van der Waals surface area (Å²) in [6, 6.07) is 11.2. The number of rotatable bonds is 5. The van der Waals surface area contributed by atoms with Crippen LogP contribution in [0.4, 0.5) is 0 Å². The Balaban J connectivity index is 1.55. The molecule has 3 rings (SSSR count). The first-order chi connectivity index (χ1) is 10.3. The second-order valence-corrected chi connectivity index (χ2v) is 4.36. The Morgan fingerprint density at radius 1 is 1.24 bits per heavy atom. The Kier molecular flexibility index (Phi) is 3.72. The molecule has 1 aromatic carbocycles. The van der Waals surface area contributed by atoms with Crippen molar-refractivity contribution in [3.63, 3.8) is 0 Å². The van der Waals surface area contributed by atoms with Crippen LogP contribution >= 0.6 is 0 Å². The van der Waals surface area contributed by atoms with Gasteiger partial charge < -0.3 is 9.84 Å². The van der Waals surface area contributed by atoms with E-state index >= 15 is 0 Å². The molecular formula is C14H13N5O2. The Morgan fingerprint density at radius 3 is 2.86 bits per heavy atom. The van der Waals surface area contributed by atoms with E-state index in [4.69, 9.17) is 0 Å². The van der Waals surface area contributed by atoms with Gasteiger partial charge in [0, 0.05) is 24.6 Å². The number of nitrogens with one attached hydrogen (secondary N) is 2. The normalized spacial score (nSPS) is 10.5. The first kappa shape index (κ1) is 13.0. The van der Waals surface area contributed by atoms with E-state index in [2.05, 4.69) is 30.2 Å². The fourth-order valence-electron chi connectivity index (χ4n) is 1.84. The van der Waals surface area contributed by atoms with Crippen LogP contribution in [0.3, 0.4) is 0 Å². The van der Waals surface area contributed by atoms with Gasteiger partial charge in [0.2, 0.25) is 0 Å². The molecule has 2 N–H and O–H groups in total. The smallest absolute Gasteiger partial charge is 0.273 e. The van der Waals surface area contributed by atoms with Gasteiger partial charge in [-0.05, 0) is 0 Å². The van der Waals surface area contributed by atoms with Crippen molar-refractivity contribution in [1.29, 1.82) is 0 Å². The highest BCUT2D eigenvalue weighted by molar-refractivity contribution is 5.91. The van der Waals surface area contributed by atoms with Crippen LogP contribution in [-0.2, 0) is 6.42 Å². The van der Waals surface area contributed by atoms with E-state index in [1.165, 1.54) is 12.3 Å². The molecule has 0 fully saturated rings. The second-order valence-electron chi connectivity index (χ2n) is 4.36. The maximum atomic E-state index is 11.6. The van der Waals surface area contributed by atoms with Gasteiger partial charge in [0.15, 0.2) is 11.5 Å². The number of hydrogen-bond acceptors (Lipinski definition) is 5. The second kappa shape index (κ2) is 6.00. The average molecular weight is 283 g/mol. The molecule has 0 atom stereocenters. The van der Waals surface area contributed by atoms with Gasteiger partial charge in [-0.25, -0.2) is 4.98 Å². The Hall–Kier alpha value is -2.96. The molecule has 2 heterocycles. The van der Waals surface area contributed by atoms with Gasteiger partial charge in [-0.3, -0.25) is 9.89 Å². The quantitative estimate of drug-likeness (QED) is 0.738. The van der Waals surface area contributed by atoms with E-state index in [9.17, 15) is 4.79 Å². The molecule has 0 unspecified atom stereocenters. The van der Waals surface area contributed by atoms with Gasteiger partial charge in [0.25, 0.3) is 5.91 Å². The van der Waals surface area contributed by atoms with Crippen molar-refractivity contribution in [3.05, 3.63) is 54.2 Å². The van der Waals surface area contributed by atoms with Crippen molar-refractivity contribution in [1.82, 2.24) is 25.7 Å². The van der Waals surface area contributed by atoms with Crippen LogP contribution in [0.5, 0.6) is 0 Å². The first-order valence-corrected chi connectivity index (χ1v) is 6.48. The van der Waals surface area contributed by atoms with Crippen LogP contribution in [-0.4, -0.2) is 32.8 Å². The molecule has 0 aliphatic carbocycles. The van der Waals surface area contributed by atoms with Crippen molar-refractivity contribution in [3.8, 4) is 11.4 Å². The zero-order valence-electron chi connectivity index (χ0n) is 11.1. The number of benzene rings is 1. The van der Waals surface area contributed by atoms with Gasteiger partial charge in [0.1, 0.15) is 12.1 Å². The van der Waals surface area contributed by atoms with Crippen LogP contribution in [0.2, 0.25) is 0 Å². The maximum absolute atomic E-state index is 11.6. The number of carbonyl (C=O) groups excluding carboxylic acids is 1. The molecule has 21 heavy (non-hydrogen) atoms. The summed E-state index contributed by atoms with van der Waals surface area (Å²) in [4.78, 5) is 16.0. The van der Waals surface area contributed by atoms with Gasteiger partial charge in [-0.1, -0.05) is 35.5 Å². The highest BCUT2D eigenvalue weighted by Gasteiger charge is 2.09. The van der Waals surface area contributed by atoms with Gasteiger partial charge in [0.05, 0.1) is 0 Å². The Morgan fingerprint density at radius 2 is 2.10 bits per heavy atom. The predicted octanol–water partition coefficient (Wildman–Crippen LogP) is 1.43. The van der Waals surface area contributed by atoms with E-state index in [0.29, 0.717) is 24.6 Å². The number of carbonyl (C=O) groups is 1. The van der Waals surface area contributed by atoms with Crippen molar-refractivity contribution in [2.24, 2.45) is 0 Å². The van der Waals surface area contributed by atoms with Crippen LogP contribution in [0.25, 0.3) is 11.4 Å². The maximum Gasteiger partial charge on any atom is 0.273 e. The molecule has 0 aliphatic heterocycles. The fraction of sp³-hybridized carbons (Fsp3) is 0.143. The van der Waals surface area contributed by atoms with Crippen molar-refractivity contribution in [2.45, 2.75) is 6.42 Å². The highest BCUT2D eigenvalue weighted by Crippen LogP contribution is 2.13. The summed E-state index contributed by atoms with van der Waals surface area (Å²) in [6.07, 6.45) is 1.92. The molecule has 0 bridgehead atoms. The molecule has 7 nitrogen and oxygen atoms in total. The third-order valence-electron chi connectivity index (χ3n) is 2.88. The van der Waals surface area contributed by atoms with E-state index in [-0.39, 0.29) is 11.6 Å². The Labute approximate surface area is 120 Å². The topological polar surface area (TPSA) is 96.7 Å². The number of aromatic amines is 1. The molecule has 1 amide bonds. The monoisotopic (exact) mass is 283 g/mol. The largest absolute Gasteiger partial charge is 0.364 e. The summed E-state index contributed by atoms with van der Waals surface area (Å²) in [5, 5.41) is 13.3. The number of H-pyrrole nitrogens is 1. The van der Waals surface area contributed by atoms with E-state index in [1.54, 1.807) is 0 Å². The number of amides is 1. The zero-order valence-corrected chi connectivity index (χ0v) is 11.1. The fourth-order valence-corrected chi connectivity index (χ4v) is 1.84. The van der Waals surface area contributed by atoms with Gasteiger partial charge in [-0.15, -0.1) is 0 Å². The SMILES string of the molecule is O=C(NCCc1nc(-c2ccccc2)n[nH]1)c1ccon1. The van der Waals surface area contributed by atoms with Gasteiger partial charge in [-0.2, -0.15) is 5.10 Å². The van der Waals surface area contributed by atoms with Crippen molar-refractivity contribution >= 4 is 5.91 Å². The van der Waals surface area contributed by atoms with Crippen LogP contribution in [0, 0.1) is 0 Å². The third kappa shape index (κ3) is 3.14. The summed E-state index contributed by atoms with van der Waals surface area (Å²) >= 11 is 0. The third-order valence-corrected chi connectivity index (χ3v) is 2.88. The summed E-state index contributed by atoms with van der Waals surface area (Å²) in [7, 11) is 0. The predicted molar refractivity (Wildman–Crippen MR) is 74.4 cm³/mol. The molecule has 0 radical (unpaired) electrons. The zero-order chi connectivity index (χ0) is 14.5. The number of nitrogens with zero attached hydrogens (tertiary/aromatic N) is 3. The van der Waals surface area contributed by atoms with Crippen LogP contribution in [0.1, 0.15) is 16.3 Å². The van der Waals surface area contributed by atoms with Crippen molar-refractivity contribution < 1.29 is 9.32 Å². The van der Waals surface area contributed by atoms with Crippen molar-refractivity contribution in [2.75, 3.05) is 6.54 Å². The summed E-state index contributed by atoms with van der Waals surface area (Å²) in [5.41, 5.74) is 1.21. The Bertz CT molecular complexity index is 706. The molecule has 3 aromatic rings. The average Bonchev–Trinajstić information content (AvgIpc) is 3.20. The molecule has 0 aliphatic rings. The lowest BCUT2D eigenvalue weighted by atomic mass is 10.2. The summed E-state index contributed by atoms with van der Waals surface area (Å²) in [5.74, 6) is 1.09. The molecule has 106 valence electrons. The molecule has 7 heteroatoms. The van der Waals surface area contributed by atoms with Crippen LogP contribution < -0.4 is 5.32 Å².